The molecular formula is C21H17ClN2O4S. The monoisotopic (exact) mass is 428 g/mol. The number of Topliss-reactive ketones (excluding diaryl/α,β-unsaturated/α-hetero) is 1. The van der Waals surface area contributed by atoms with Crippen LogP contribution in [0.1, 0.15) is 37.7 Å². The van der Waals surface area contributed by atoms with Gasteiger partial charge in [0.2, 0.25) is 5.78 Å². The molecule has 0 radical (unpaired) electrons. The minimum Gasteiger partial charge on any atom is -0.503 e. The Hall–Kier alpha value is -2.90. The third-order valence-corrected chi connectivity index (χ3v) is 6.29. The fraction of sp³-hybridized carbons (Fsp3) is 0.190. The van der Waals surface area contributed by atoms with Gasteiger partial charge < -0.3 is 9.52 Å². The Morgan fingerprint density at radius 1 is 1.28 bits per heavy atom. The van der Waals surface area contributed by atoms with Crippen LogP contribution in [0.2, 0.25) is 5.02 Å². The van der Waals surface area contributed by atoms with Gasteiger partial charge in [-0.15, -0.1) is 11.3 Å². The maximum absolute atomic E-state index is 13.3. The Kier molecular flexibility index (Phi) is 4.80. The standard InChI is InChI=1S/C21H17ClN2O4S/c1-10-6-7-13(9-14(10)22)24-17(15-5-4-8-28-15)16(19(26)21(24)27)18(25)20-11(2)23-12(3)29-20/h4-9,17,26H,1-3H3. The van der Waals surface area contributed by atoms with Crippen molar-refractivity contribution in [2.24, 2.45) is 0 Å². The van der Waals surface area contributed by atoms with Gasteiger partial charge in [-0.2, -0.15) is 0 Å². The van der Waals surface area contributed by atoms with E-state index in [9.17, 15) is 14.7 Å². The molecule has 1 unspecified atom stereocenters. The van der Waals surface area contributed by atoms with Gasteiger partial charge in [0.25, 0.3) is 5.91 Å². The lowest BCUT2D eigenvalue weighted by atomic mass is 9.99. The van der Waals surface area contributed by atoms with Crippen molar-refractivity contribution in [1.29, 1.82) is 0 Å². The molecule has 29 heavy (non-hydrogen) atoms. The molecule has 4 rings (SSSR count). The van der Waals surface area contributed by atoms with Crippen LogP contribution in [-0.2, 0) is 4.79 Å². The molecule has 2 aromatic heterocycles. The van der Waals surface area contributed by atoms with E-state index >= 15 is 0 Å². The molecule has 1 aliphatic rings. The number of amides is 1. The number of aromatic nitrogens is 1. The molecule has 0 fully saturated rings. The minimum atomic E-state index is -0.912. The van der Waals surface area contributed by atoms with Crippen LogP contribution in [0.3, 0.4) is 0 Å². The quantitative estimate of drug-likeness (QED) is 0.584. The van der Waals surface area contributed by atoms with Gasteiger partial charge >= 0.3 is 0 Å². The predicted octanol–water partition coefficient (Wildman–Crippen LogP) is 5.10. The number of halogens is 1. The van der Waals surface area contributed by atoms with E-state index in [-0.39, 0.29) is 5.57 Å². The molecule has 1 atom stereocenters. The Morgan fingerprint density at radius 2 is 2.03 bits per heavy atom. The highest BCUT2D eigenvalue weighted by Gasteiger charge is 2.46. The zero-order valence-electron chi connectivity index (χ0n) is 15.9. The lowest BCUT2D eigenvalue weighted by molar-refractivity contribution is -0.117. The summed E-state index contributed by atoms with van der Waals surface area (Å²) in [4.78, 5) is 32.4. The van der Waals surface area contributed by atoms with Crippen LogP contribution in [-0.4, -0.2) is 21.8 Å². The molecule has 1 aliphatic heterocycles. The Labute approximate surface area is 176 Å². The van der Waals surface area contributed by atoms with Crippen molar-refractivity contribution in [2.45, 2.75) is 26.8 Å². The first-order valence-electron chi connectivity index (χ1n) is 8.84. The maximum Gasteiger partial charge on any atom is 0.294 e. The number of aryl methyl sites for hydroxylation is 3. The number of thiazole rings is 1. The molecule has 1 N–H and O–H groups in total. The van der Waals surface area contributed by atoms with Crippen LogP contribution in [0.25, 0.3) is 0 Å². The topological polar surface area (TPSA) is 83.6 Å². The second-order valence-electron chi connectivity index (χ2n) is 6.77. The predicted molar refractivity (Wildman–Crippen MR) is 111 cm³/mol. The van der Waals surface area contributed by atoms with Crippen molar-refractivity contribution < 1.29 is 19.1 Å². The van der Waals surface area contributed by atoms with Crippen LogP contribution in [0, 0.1) is 20.8 Å². The number of benzene rings is 1. The molecule has 3 aromatic rings. The van der Waals surface area contributed by atoms with Crippen molar-refractivity contribution in [2.75, 3.05) is 4.90 Å². The summed E-state index contributed by atoms with van der Waals surface area (Å²) in [6, 6.07) is 7.55. The maximum atomic E-state index is 13.3. The van der Waals surface area contributed by atoms with Gasteiger partial charge in [0.05, 0.1) is 27.4 Å². The number of hydrogen-bond acceptors (Lipinski definition) is 6. The minimum absolute atomic E-state index is 0.0339. The normalized spacial score (nSPS) is 16.8. The Morgan fingerprint density at radius 3 is 2.62 bits per heavy atom. The molecule has 148 valence electrons. The molecule has 1 amide bonds. The molecule has 0 bridgehead atoms. The highest BCUT2D eigenvalue weighted by molar-refractivity contribution is 7.14. The van der Waals surface area contributed by atoms with E-state index in [1.807, 2.05) is 6.92 Å². The first kappa shape index (κ1) is 19.4. The number of aliphatic hydroxyl groups is 1. The SMILES string of the molecule is Cc1nc(C)c(C(=O)C2=C(O)C(=O)N(c3ccc(C)c(Cl)c3)C2c2ccco2)s1. The summed E-state index contributed by atoms with van der Waals surface area (Å²) in [7, 11) is 0. The third kappa shape index (κ3) is 3.16. The second-order valence-corrected chi connectivity index (χ2v) is 8.38. The fourth-order valence-corrected chi connectivity index (χ4v) is 4.46. The zero-order chi connectivity index (χ0) is 20.9. The van der Waals surface area contributed by atoms with Crippen molar-refractivity contribution in [3.63, 3.8) is 0 Å². The van der Waals surface area contributed by atoms with Crippen molar-refractivity contribution in [3.8, 4) is 0 Å². The van der Waals surface area contributed by atoms with E-state index in [0.717, 1.165) is 10.6 Å². The van der Waals surface area contributed by atoms with Crippen LogP contribution in [0.5, 0.6) is 0 Å². The number of aliphatic hydroxyl groups excluding tert-OH is 1. The van der Waals surface area contributed by atoms with Crippen LogP contribution in [0.15, 0.2) is 52.3 Å². The van der Waals surface area contributed by atoms with E-state index in [4.69, 9.17) is 16.0 Å². The number of furan rings is 1. The van der Waals surface area contributed by atoms with Crippen LogP contribution >= 0.6 is 22.9 Å². The van der Waals surface area contributed by atoms with Gasteiger partial charge in [-0.3, -0.25) is 14.5 Å². The van der Waals surface area contributed by atoms with Crippen LogP contribution in [0.4, 0.5) is 5.69 Å². The van der Waals surface area contributed by atoms with E-state index in [1.165, 1.54) is 22.5 Å². The zero-order valence-corrected chi connectivity index (χ0v) is 17.5. The number of ketones is 1. The lowest BCUT2D eigenvalue weighted by Gasteiger charge is -2.25. The highest BCUT2D eigenvalue weighted by atomic mass is 35.5. The second kappa shape index (κ2) is 7.17. The third-order valence-electron chi connectivity index (χ3n) is 4.81. The number of carbonyl (C=O) groups is 2. The molecule has 0 spiro atoms. The molecular weight excluding hydrogens is 412 g/mol. The van der Waals surface area contributed by atoms with Crippen molar-refractivity contribution in [3.05, 3.63) is 79.9 Å². The molecule has 6 nitrogen and oxygen atoms in total. The summed E-state index contributed by atoms with van der Waals surface area (Å²) in [6.45, 7) is 5.37. The van der Waals surface area contributed by atoms with Gasteiger partial charge in [-0.1, -0.05) is 17.7 Å². The number of carbonyl (C=O) groups excluding carboxylic acids is 2. The lowest BCUT2D eigenvalue weighted by Crippen LogP contribution is -2.30. The number of anilines is 1. The molecule has 1 aromatic carbocycles. The molecule has 0 aliphatic carbocycles. The number of rotatable bonds is 4. The Bertz CT molecular complexity index is 1160. The summed E-state index contributed by atoms with van der Waals surface area (Å²) in [6.07, 6.45) is 1.46. The summed E-state index contributed by atoms with van der Waals surface area (Å²) >= 11 is 7.48. The van der Waals surface area contributed by atoms with Gasteiger partial charge in [-0.05, 0) is 50.6 Å². The fourth-order valence-electron chi connectivity index (χ4n) is 3.42. The highest BCUT2D eigenvalue weighted by Crippen LogP contribution is 2.43. The van der Waals surface area contributed by atoms with Gasteiger partial charge in [0.1, 0.15) is 11.8 Å². The smallest absolute Gasteiger partial charge is 0.294 e. The first-order valence-corrected chi connectivity index (χ1v) is 10.0. The van der Waals surface area contributed by atoms with E-state index in [1.54, 1.807) is 44.2 Å². The largest absolute Gasteiger partial charge is 0.503 e. The van der Waals surface area contributed by atoms with E-state index in [0.29, 0.717) is 27.0 Å². The average molecular weight is 429 g/mol. The van der Waals surface area contributed by atoms with Gasteiger partial charge in [0.15, 0.2) is 5.76 Å². The summed E-state index contributed by atoms with van der Waals surface area (Å²) in [5.41, 5.74) is 1.83. The van der Waals surface area contributed by atoms with Crippen LogP contribution < -0.4 is 4.90 Å². The van der Waals surface area contributed by atoms with E-state index < -0.39 is 23.5 Å². The van der Waals surface area contributed by atoms with Crippen molar-refractivity contribution >= 4 is 40.3 Å². The summed E-state index contributed by atoms with van der Waals surface area (Å²) in [5, 5.41) is 11.9. The molecule has 0 saturated heterocycles. The first-order chi connectivity index (χ1) is 13.8. The number of hydrogen-bond donors (Lipinski definition) is 1. The van der Waals surface area contributed by atoms with E-state index in [2.05, 4.69) is 4.98 Å². The Balaban J connectivity index is 1.88. The molecule has 0 saturated carbocycles. The summed E-state index contributed by atoms with van der Waals surface area (Å²) in [5.74, 6) is -1.37. The molecule has 8 heteroatoms. The van der Waals surface area contributed by atoms with Gasteiger partial charge in [-0.25, -0.2) is 4.98 Å². The summed E-state index contributed by atoms with van der Waals surface area (Å²) < 4.78 is 5.53. The van der Waals surface area contributed by atoms with Gasteiger partial charge in [0, 0.05) is 10.7 Å². The molecule has 3 heterocycles. The number of nitrogens with zero attached hydrogens (tertiary/aromatic N) is 2. The van der Waals surface area contributed by atoms with Crippen molar-refractivity contribution in [1.82, 2.24) is 4.98 Å². The average Bonchev–Trinajstić information content (AvgIpc) is 3.37.